The van der Waals surface area contributed by atoms with Crippen LogP contribution in [0.3, 0.4) is 0 Å². The number of phenolic OH excluding ortho intramolecular Hbond substituents is 1. The van der Waals surface area contributed by atoms with Gasteiger partial charge < -0.3 is 14.9 Å². The Morgan fingerprint density at radius 1 is 1.28 bits per heavy atom. The van der Waals surface area contributed by atoms with Crippen molar-refractivity contribution in [2.75, 3.05) is 0 Å². The van der Waals surface area contributed by atoms with E-state index < -0.39 is 17.5 Å². The van der Waals surface area contributed by atoms with Crippen LogP contribution in [-0.4, -0.2) is 21.8 Å². The standard InChI is InChI=1S/C25H36O4/c1-6-7-8-9-15(2)16(3)18-13-21(26)23-19-12-17(24(27)28)10-11-20(19)25(4,5)29-22(23)14-18/h13-17,26H,6-12H2,1-5H3,(H,27,28). The lowest BCUT2D eigenvalue weighted by Crippen LogP contribution is -2.37. The molecule has 0 fully saturated rings. The van der Waals surface area contributed by atoms with Gasteiger partial charge in [-0.15, -0.1) is 0 Å². The molecular weight excluding hydrogens is 364 g/mol. The number of ether oxygens (including phenoxy) is 1. The molecule has 0 bridgehead atoms. The van der Waals surface area contributed by atoms with Crippen molar-refractivity contribution in [2.45, 2.75) is 91.1 Å². The maximum Gasteiger partial charge on any atom is 0.306 e. The normalized spacial score (nSPS) is 22.3. The van der Waals surface area contributed by atoms with E-state index in [4.69, 9.17) is 4.74 Å². The highest BCUT2D eigenvalue weighted by molar-refractivity contribution is 5.84. The monoisotopic (exact) mass is 400 g/mol. The van der Waals surface area contributed by atoms with E-state index in [0.717, 1.165) is 16.7 Å². The molecule has 0 radical (unpaired) electrons. The molecule has 0 saturated heterocycles. The van der Waals surface area contributed by atoms with Gasteiger partial charge in [-0.2, -0.15) is 0 Å². The van der Waals surface area contributed by atoms with Gasteiger partial charge in [-0.05, 0) is 73.8 Å². The number of allylic oxidation sites excluding steroid dienone is 1. The molecule has 29 heavy (non-hydrogen) atoms. The SMILES string of the molecule is CCCCCC(C)C(C)c1cc(O)c2c(c1)OC(C)(C)C1=C2CC(C(=O)O)CC1. The van der Waals surface area contributed by atoms with E-state index in [2.05, 4.69) is 26.8 Å². The number of phenols is 1. The Hall–Kier alpha value is -1.97. The predicted octanol–water partition coefficient (Wildman–Crippen LogP) is 6.52. The zero-order valence-corrected chi connectivity index (χ0v) is 18.5. The number of fused-ring (bicyclic) bond motifs is 2. The summed E-state index contributed by atoms with van der Waals surface area (Å²) in [6.45, 7) is 10.8. The first-order valence-electron chi connectivity index (χ1n) is 11.2. The van der Waals surface area contributed by atoms with Crippen molar-refractivity contribution in [2.24, 2.45) is 11.8 Å². The quantitative estimate of drug-likeness (QED) is 0.511. The number of rotatable bonds is 7. The zero-order chi connectivity index (χ0) is 21.3. The van der Waals surface area contributed by atoms with Crippen LogP contribution < -0.4 is 4.74 Å². The Labute approximate surface area is 175 Å². The van der Waals surface area contributed by atoms with Crippen molar-refractivity contribution in [3.8, 4) is 11.5 Å². The number of carbonyl (C=O) groups is 1. The Morgan fingerprint density at radius 2 is 2.00 bits per heavy atom. The lowest BCUT2D eigenvalue weighted by atomic mass is 9.73. The van der Waals surface area contributed by atoms with Gasteiger partial charge in [-0.25, -0.2) is 0 Å². The van der Waals surface area contributed by atoms with E-state index >= 15 is 0 Å². The van der Waals surface area contributed by atoms with Crippen LogP contribution in [0.4, 0.5) is 0 Å². The molecule has 0 spiro atoms. The number of hydrogen-bond acceptors (Lipinski definition) is 3. The van der Waals surface area contributed by atoms with E-state index in [1.807, 2.05) is 19.9 Å². The molecule has 1 aromatic carbocycles. The highest BCUT2D eigenvalue weighted by atomic mass is 16.5. The predicted molar refractivity (Wildman–Crippen MR) is 116 cm³/mol. The lowest BCUT2D eigenvalue weighted by molar-refractivity contribution is -0.141. The fourth-order valence-corrected chi connectivity index (χ4v) is 4.97. The van der Waals surface area contributed by atoms with Crippen LogP contribution in [0.15, 0.2) is 17.7 Å². The first-order valence-corrected chi connectivity index (χ1v) is 11.2. The van der Waals surface area contributed by atoms with E-state index in [-0.39, 0.29) is 5.75 Å². The van der Waals surface area contributed by atoms with Crippen LogP contribution >= 0.6 is 0 Å². The van der Waals surface area contributed by atoms with Crippen molar-refractivity contribution in [1.29, 1.82) is 0 Å². The van der Waals surface area contributed by atoms with Crippen LogP contribution in [0.1, 0.15) is 96.6 Å². The van der Waals surface area contributed by atoms with Crippen LogP contribution in [0.25, 0.3) is 5.57 Å². The molecule has 1 aliphatic heterocycles. The molecule has 1 heterocycles. The van der Waals surface area contributed by atoms with Gasteiger partial charge in [-0.3, -0.25) is 4.79 Å². The van der Waals surface area contributed by atoms with Crippen LogP contribution in [0.5, 0.6) is 11.5 Å². The molecule has 1 aliphatic carbocycles. The molecule has 3 unspecified atom stereocenters. The molecule has 0 amide bonds. The molecule has 3 rings (SSSR count). The van der Waals surface area contributed by atoms with Crippen molar-refractivity contribution >= 4 is 11.5 Å². The van der Waals surface area contributed by atoms with Gasteiger partial charge in [-0.1, -0.05) is 46.5 Å². The lowest BCUT2D eigenvalue weighted by Gasteiger charge is -2.41. The average Bonchev–Trinajstić information content (AvgIpc) is 2.66. The van der Waals surface area contributed by atoms with Gasteiger partial charge in [0.25, 0.3) is 0 Å². The van der Waals surface area contributed by atoms with Crippen molar-refractivity contribution in [1.82, 2.24) is 0 Å². The molecule has 2 N–H and O–H groups in total. The van der Waals surface area contributed by atoms with Crippen molar-refractivity contribution in [3.63, 3.8) is 0 Å². The number of hydrogen-bond donors (Lipinski definition) is 2. The van der Waals surface area contributed by atoms with E-state index in [1.54, 1.807) is 0 Å². The maximum absolute atomic E-state index is 11.6. The Kier molecular flexibility index (Phi) is 6.30. The Bertz CT molecular complexity index is 805. The Balaban J connectivity index is 1.96. The van der Waals surface area contributed by atoms with Gasteiger partial charge in [0.2, 0.25) is 0 Å². The summed E-state index contributed by atoms with van der Waals surface area (Å²) in [7, 11) is 0. The highest BCUT2D eigenvalue weighted by Crippen LogP contribution is 2.52. The fraction of sp³-hybridized carbons (Fsp3) is 0.640. The summed E-state index contributed by atoms with van der Waals surface area (Å²) in [6.07, 6.45) is 6.67. The summed E-state index contributed by atoms with van der Waals surface area (Å²) in [4.78, 5) is 11.6. The average molecular weight is 401 g/mol. The molecule has 0 aromatic heterocycles. The van der Waals surface area contributed by atoms with Crippen LogP contribution in [0, 0.1) is 11.8 Å². The van der Waals surface area contributed by atoms with Gasteiger partial charge >= 0.3 is 5.97 Å². The number of carboxylic acids is 1. The molecule has 3 atom stereocenters. The van der Waals surface area contributed by atoms with Crippen molar-refractivity contribution < 1.29 is 19.7 Å². The molecule has 4 heteroatoms. The van der Waals surface area contributed by atoms with Crippen LogP contribution in [0.2, 0.25) is 0 Å². The van der Waals surface area contributed by atoms with Gasteiger partial charge in [0.05, 0.1) is 11.5 Å². The zero-order valence-electron chi connectivity index (χ0n) is 18.5. The minimum absolute atomic E-state index is 0.221. The minimum Gasteiger partial charge on any atom is -0.507 e. The molecule has 1 aromatic rings. The second kappa shape index (κ2) is 8.41. The molecular formula is C25H36O4. The summed E-state index contributed by atoms with van der Waals surface area (Å²) >= 11 is 0. The summed E-state index contributed by atoms with van der Waals surface area (Å²) in [5.41, 5.74) is 3.43. The van der Waals surface area contributed by atoms with Gasteiger partial charge in [0.1, 0.15) is 17.1 Å². The maximum atomic E-state index is 11.6. The molecule has 160 valence electrons. The smallest absolute Gasteiger partial charge is 0.306 e. The third-order valence-electron chi connectivity index (χ3n) is 7.05. The molecule has 0 saturated carbocycles. The van der Waals surface area contributed by atoms with E-state index in [9.17, 15) is 15.0 Å². The summed E-state index contributed by atoms with van der Waals surface area (Å²) < 4.78 is 6.37. The number of aliphatic carboxylic acids is 1. The Morgan fingerprint density at radius 3 is 2.66 bits per heavy atom. The van der Waals surface area contributed by atoms with Crippen molar-refractivity contribution in [3.05, 3.63) is 28.8 Å². The first kappa shape index (κ1) is 21.7. The summed E-state index contributed by atoms with van der Waals surface area (Å²) in [5.74, 6) is 0.612. The molecule has 4 nitrogen and oxygen atoms in total. The molecule has 2 aliphatic rings. The topological polar surface area (TPSA) is 66.8 Å². The van der Waals surface area contributed by atoms with Crippen LogP contribution in [-0.2, 0) is 4.79 Å². The van der Waals surface area contributed by atoms with E-state index in [1.165, 1.54) is 25.7 Å². The largest absolute Gasteiger partial charge is 0.507 e. The third-order valence-corrected chi connectivity index (χ3v) is 7.05. The third kappa shape index (κ3) is 4.31. The van der Waals surface area contributed by atoms with Gasteiger partial charge in [0.15, 0.2) is 0 Å². The van der Waals surface area contributed by atoms with E-state index in [0.29, 0.717) is 42.4 Å². The number of carboxylic acid groups (broad SMARTS) is 1. The second-order valence-corrected chi connectivity index (χ2v) is 9.52. The summed E-state index contributed by atoms with van der Waals surface area (Å²) in [6, 6.07) is 3.95. The first-order chi connectivity index (χ1) is 13.7. The highest BCUT2D eigenvalue weighted by Gasteiger charge is 2.41. The minimum atomic E-state index is -0.756. The number of unbranched alkanes of at least 4 members (excludes halogenated alkanes) is 2. The fourth-order valence-electron chi connectivity index (χ4n) is 4.97. The number of benzene rings is 1. The van der Waals surface area contributed by atoms with Gasteiger partial charge in [0, 0.05) is 0 Å². The second-order valence-electron chi connectivity index (χ2n) is 9.52. The summed E-state index contributed by atoms with van der Waals surface area (Å²) in [5, 5.41) is 20.5. The number of aromatic hydroxyl groups is 1.